The summed E-state index contributed by atoms with van der Waals surface area (Å²) in [6.45, 7) is 11.4. The first-order chi connectivity index (χ1) is 26.9. The quantitative estimate of drug-likeness (QED) is 0.137. The fourth-order valence-corrected chi connectivity index (χ4v) is 6.79. The third-order valence-corrected chi connectivity index (χ3v) is 11.0. The molecule has 0 heterocycles. The summed E-state index contributed by atoms with van der Waals surface area (Å²) in [6, 6.07) is 19.2. The first-order valence-electron chi connectivity index (χ1n) is 19.8. The standard InChI is InChI=1S/C46H63N3O8/c1-12-32(6)42(57-46(55)39(47(7)8)26-33-17-13-30(4)14-18-33)41(51)28-37(29(2)3)43(52)48(9)38(25-35-21-23-36(50)24-22-35)44(53)49(10)40(45(54)56-11)27-34-19-15-31(5)16-20-34/h13-24,29,32,37-40,42,50H,12,25-28H2,1-11H3/t32-,37+,38-,39-,40-,42-/m0/s1. The smallest absolute Gasteiger partial charge is 0.328 e. The molecule has 57 heavy (non-hydrogen) atoms. The van der Waals surface area contributed by atoms with Crippen molar-refractivity contribution in [2.24, 2.45) is 17.8 Å². The van der Waals surface area contributed by atoms with Crippen molar-refractivity contribution in [1.82, 2.24) is 14.7 Å². The maximum Gasteiger partial charge on any atom is 0.328 e. The molecule has 2 amide bonds. The van der Waals surface area contributed by atoms with Crippen molar-refractivity contribution in [3.63, 3.8) is 0 Å². The first kappa shape index (κ1) is 46.4. The molecule has 0 aliphatic carbocycles. The summed E-state index contributed by atoms with van der Waals surface area (Å²) < 4.78 is 11.2. The Morgan fingerprint density at radius 1 is 0.632 bits per heavy atom. The minimum absolute atomic E-state index is 0.0500. The van der Waals surface area contributed by atoms with E-state index in [1.807, 2.05) is 90.1 Å². The van der Waals surface area contributed by atoms with Crippen LogP contribution in [0.4, 0.5) is 0 Å². The van der Waals surface area contributed by atoms with Gasteiger partial charge in [-0.2, -0.15) is 0 Å². The van der Waals surface area contributed by atoms with Gasteiger partial charge in [0.2, 0.25) is 11.8 Å². The van der Waals surface area contributed by atoms with Gasteiger partial charge in [-0.15, -0.1) is 0 Å². The van der Waals surface area contributed by atoms with Crippen molar-refractivity contribution in [3.05, 3.63) is 101 Å². The zero-order valence-electron chi connectivity index (χ0n) is 35.7. The summed E-state index contributed by atoms with van der Waals surface area (Å²) in [5.41, 5.74) is 4.63. The second-order valence-electron chi connectivity index (χ2n) is 15.9. The molecule has 0 spiro atoms. The number of aromatic hydroxyl groups is 1. The third-order valence-electron chi connectivity index (χ3n) is 11.0. The number of ether oxygens (including phenoxy) is 2. The van der Waals surface area contributed by atoms with Gasteiger partial charge in [-0.1, -0.05) is 99.5 Å². The molecular weight excluding hydrogens is 723 g/mol. The van der Waals surface area contributed by atoms with Crippen molar-refractivity contribution < 1.29 is 38.6 Å². The fourth-order valence-electron chi connectivity index (χ4n) is 6.79. The van der Waals surface area contributed by atoms with Crippen LogP contribution in [0.15, 0.2) is 72.8 Å². The van der Waals surface area contributed by atoms with Gasteiger partial charge in [0.15, 0.2) is 11.9 Å². The van der Waals surface area contributed by atoms with Crippen LogP contribution in [0, 0.1) is 31.6 Å². The number of rotatable bonds is 20. The Morgan fingerprint density at radius 3 is 1.51 bits per heavy atom. The number of carbonyl (C=O) groups excluding carboxylic acids is 5. The predicted octanol–water partition coefficient (Wildman–Crippen LogP) is 5.98. The van der Waals surface area contributed by atoms with Crippen LogP contribution in [0.2, 0.25) is 0 Å². The van der Waals surface area contributed by atoms with Crippen molar-refractivity contribution in [3.8, 4) is 5.75 Å². The van der Waals surface area contributed by atoms with Crippen LogP contribution >= 0.6 is 0 Å². The van der Waals surface area contributed by atoms with E-state index in [0.717, 1.165) is 22.3 Å². The predicted molar refractivity (Wildman–Crippen MR) is 221 cm³/mol. The van der Waals surface area contributed by atoms with Gasteiger partial charge in [0.1, 0.15) is 23.9 Å². The summed E-state index contributed by atoms with van der Waals surface area (Å²) in [6.07, 6.45) is -0.0562. The largest absolute Gasteiger partial charge is 0.508 e. The molecule has 1 N–H and O–H groups in total. The topological polar surface area (TPSA) is 134 Å². The molecule has 0 radical (unpaired) electrons. The van der Waals surface area contributed by atoms with Crippen molar-refractivity contribution in [1.29, 1.82) is 0 Å². The molecule has 3 aromatic carbocycles. The van der Waals surface area contributed by atoms with Gasteiger partial charge in [-0.25, -0.2) is 4.79 Å². The Balaban J connectivity index is 1.93. The lowest BCUT2D eigenvalue weighted by Gasteiger charge is -2.36. The van der Waals surface area contributed by atoms with Gasteiger partial charge in [-0.05, 0) is 75.5 Å². The molecule has 11 heteroatoms. The summed E-state index contributed by atoms with van der Waals surface area (Å²) in [7, 11) is 7.92. The zero-order chi connectivity index (χ0) is 42.6. The molecule has 0 fully saturated rings. The zero-order valence-corrected chi connectivity index (χ0v) is 35.7. The van der Waals surface area contributed by atoms with E-state index in [4.69, 9.17) is 9.47 Å². The van der Waals surface area contributed by atoms with Crippen LogP contribution in [0.3, 0.4) is 0 Å². The van der Waals surface area contributed by atoms with E-state index < -0.39 is 53.9 Å². The molecule has 0 saturated carbocycles. The SMILES string of the molecule is CC[C@H](C)[C@H](OC(=O)[C@H](Cc1ccc(C)cc1)N(C)C)C(=O)C[C@@H](C(=O)N(C)[C@@H](Cc1ccc(O)cc1)C(=O)N(C)[C@@H](Cc1ccc(C)cc1)C(=O)OC)C(C)C. The average Bonchev–Trinajstić information content (AvgIpc) is 3.19. The molecule has 0 unspecified atom stereocenters. The number of likely N-dealkylation sites (N-methyl/N-ethyl adjacent to an activating group) is 3. The summed E-state index contributed by atoms with van der Waals surface area (Å²) in [5.74, 6) is -3.85. The van der Waals surface area contributed by atoms with Crippen LogP contribution in [0.1, 0.15) is 68.4 Å². The molecule has 0 aliphatic rings. The second-order valence-corrected chi connectivity index (χ2v) is 15.9. The number of carbonyl (C=O) groups is 5. The molecule has 11 nitrogen and oxygen atoms in total. The molecule has 0 aromatic heterocycles. The number of hydrogen-bond donors (Lipinski definition) is 1. The van der Waals surface area contributed by atoms with Crippen molar-refractivity contribution in [2.45, 2.75) is 97.9 Å². The van der Waals surface area contributed by atoms with Gasteiger partial charge in [0, 0.05) is 45.2 Å². The summed E-state index contributed by atoms with van der Waals surface area (Å²) >= 11 is 0. The minimum Gasteiger partial charge on any atom is -0.508 e. The summed E-state index contributed by atoms with van der Waals surface area (Å²) in [5, 5.41) is 9.95. The number of phenolic OH excluding ortho intramolecular Hbond substituents is 1. The third kappa shape index (κ3) is 13.0. The Hall–Kier alpha value is -5.03. The number of amides is 2. The van der Waals surface area contributed by atoms with E-state index in [9.17, 15) is 29.1 Å². The number of methoxy groups -OCH3 is 1. The van der Waals surface area contributed by atoms with Gasteiger partial charge in [0.25, 0.3) is 0 Å². The van der Waals surface area contributed by atoms with Gasteiger partial charge in [-0.3, -0.25) is 24.1 Å². The molecule has 310 valence electrons. The van der Waals surface area contributed by atoms with Crippen molar-refractivity contribution >= 4 is 29.5 Å². The number of phenols is 1. The molecule has 0 saturated heterocycles. The number of nitrogens with zero attached hydrogens (tertiary/aromatic N) is 3. The van der Waals surface area contributed by atoms with Crippen LogP contribution in [-0.4, -0.2) is 109 Å². The Morgan fingerprint density at radius 2 is 1.07 bits per heavy atom. The Kier molecular flexibility index (Phi) is 17.5. The van der Waals surface area contributed by atoms with Crippen LogP contribution in [0.5, 0.6) is 5.75 Å². The van der Waals surface area contributed by atoms with Crippen LogP contribution in [-0.2, 0) is 52.7 Å². The lowest BCUT2D eigenvalue weighted by molar-refractivity contribution is -0.163. The summed E-state index contributed by atoms with van der Waals surface area (Å²) in [4.78, 5) is 74.7. The van der Waals surface area contributed by atoms with E-state index >= 15 is 0 Å². The highest BCUT2D eigenvalue weighted by Crippen LogP contribution is 2.26. The van der Waals surface area contributed by atoms with Gasteiger partial charge < -0.3 is 24.4 Å². The van der Waals surface area contributed by atoms with Crippen LogP contribution in [0.25, 0.3) is 0 Å². The lowest BCUT2D eigenvalue weighted by atomic mass is 9.85. The highest BCUT2D eigenvalue weighted by Gasteiger charge is 2.40. The number of hydrogen-bond acceptors (Lipinski definition) is 9. The first-order valence-corrected chi connectivity index (χ1v) is 19.8. The normalized spacial score (nSPS) is 14.5. The number of benzene rings is 3. The van der Waals surface area contributed by atoms with E-state index in [-0.39, 0.29) is 42.6 Å². The van der Waals surface area contributed by atoms with E-state index in [1.165, 1.54) is 43.1 Å². The Labute approximate surface area is 339 Å². The highest BCUT2D eigenvalue weighted by molar-refractivity contribution is 5.94. The Bertz CT molecular complexity index is 1790. The molecule has 0 aliphatic heterocycles. The minimum atomic E-state index is -1.08. The van der Waals surface area contributed by atoms with E-state index in [2.05, 4.69) is 0 Å². The van der Waals surface area contributed by atoms with E-state index in [1.54, 1.807) is 31.1 Å². The molecule has 0 bridgehead atoms. The number of aryl methyl sites for hydroxylation is 2. The fraction of sp³-hybridized carbons (Fsp3) is 0.500. The average molecular weight is 786 g/mol. The molecule has 3 aromatic rings. The molecule has 3 rings (SSSR count). The van der Waals surface area contributed by atoms with E-state index in [0.29, 0.717) is 18.4 Å². The number of esters is 2. The maximum atomic E-state index is 14.6. The molecule has 6 atom stereocenters. The lowest BCUT2D eigenvalue weighted by Crippen LogP contribution is -2.55. The van der Waals surface area contributed by atoms with Crippen LogP contribution < -0.4 is 0 Å². The monoisotopic (exact) mass is 785 g/mol. The van der Waals surface area contributed by atoms with Gasteiger partial charge >= 0.3 is 11.9 Å². The van der Waals surface area contributed by atoms with Crippen molar-refractivity contribution in [2.75, 3.05) is 35.3 Å². The van der Waals surface area contributed by atoms with Gasteiger partial charge in [0.05, 0.1) is 7.11 Å². The highest BCUT2D eigenvalue weighted by atomic mass is 16.5. The number of ketones is 1. The molecular formula is C46H63N3O8. The number of Topliss-reactive ketones (excluding diaryl/α,β-unsaturated/α-hetero) is 1. The maximum absolute atomic E-state index is 14.6. The second kappa shape index (κ2) is 21.5.